The number of aryl methyl sites for hydroxylation is 1. The average Bonchev–Trinajstić information content (AvgIpc) is 2.69. The molecule has 5 nitrogen and oxygen atoms in total. The maximum atomic E-state index is 10.5. The molecule has 1 aliphatic rings. The molecule has 1 aromatic rings. The molecule has 0 amide bonds. The van der Waals surface area contributed by atoms with Gasteiger partial charge in [0.1, 0.15) is 0 Å². The third kappa shape index (κ3) is 5.27. The lowest BCUT2D eigenvalue weighted by Gasteiger charge is -1.95. The van der Waals surface area contributed by atoms with Gasteiger partial charge in [0.15, 0.2) is 0 Å². The van der Waals surface area contributed by atoms with Crippen LogP contribution in [-0.2, 0) is 14.9 Å². The predicted octanol–water partition coefficient (Wildman–Crippen LogP) is 1.01. The molecule has 0 radical (unpaired) electrons. The van der Waals surface area contributed by atoms with Crippen molar-refractivity contribution >= 4 is 10.1 Å². The summed E-state index contributed by atoms with van der Waals surface area (Å²) in [5.41, 5.74) is 0.956. The van der Waals surface area contributed by atoms with Gasteiger partial charge in [-0.25, -0.2) is 0 Å². The Labute approximate surface area is 101 Å². The Morgan fingerprint density at radius 2 is 1.88 bits per heavy atom. The van der Waals surface area contributed by atoms with Crippen LogP contribution >= 0.6 is 0 Å². The highest BCUT2D eigenvalue weighted by Gasteiger charge is 2.09. The molecule has 1 saturated heterocycles. The van der Waals surface area contributed by atoms with Crippen molar-refractivity contribution < 1.29 is 22.8 Å². The Bertz CT molecular complexity index is 431. The molecule has 6 heteroatoms. The highest BCUT2D eigenvalue weighted by atomic mass is 32.2. The van der Waals surface area contributed by atoms with E-state index in [1.807, 2.05) is 6.92 Å². The van der Waals surface area contributed by atoms with Crippen LogP contribution in [0.3, 0.4) is 0 Å². The van der Waals surface area contributed by atoms with Crippen molar-refractivity contribution in [2.75, 3.05) is 13.2 Å². The smallest absolute Gasteiger partial charge is 0.294 e. The summed E-state index contributed by atoms with van der Waals surface area (Å²) < 4.78 is 34.4. The second-order valence-electron chi connectivity index (χ2n) is 3.81. The summed E-state index contributed by atoms with van der Waals surface area (Å²) in [4.78, 5) is -0.0666. The second-order valence-corrected chi connectivity index (χ2v) is 5.23. The van der Waals surface area contributed by atoms with E-state index < -0.39 is 10.1 Å². The number of benzene rings is 1. The number of hydrogen-bond donors (Lipinski definition) is 2. The second kappa shape index (κ2) is 6.11. The highest BCUT2D eigenvalue weighted by molar-refractivity contribution is 7.85. The Balaban J connectivity index is 0.000000202. The van der Waals surface area contributed by atoms with Gasteiger partial charge < -0.3 is 9.84 Å². The quantitative estimate of drug-likeness (QED) is 0.736. The van der Waals surface area contributed by atoms with Crippen LogP contribution in [0.1, 0.15) is 12.0 Å². The molecule has 0 unspecified atom stereocenters. The fourth-order valence-electron chi connectivity index (χ4n) is 1.23. The van der Waals surface area contributed by atoms with Gasteiger partial charge in [-0.2, -0.15) is 8.42 Å². The Morgan fingerprint density at radius 3 is 2.18 bits per heavy atom. The van der Waals surface area contributed by atoms with E-state index in [9.17, 15) is 8.42 Å². The van der Waals surface area contributed by atoms with Crippen LogP contribution in [0.2, 0.25) is 0 Å². The summed E-state index contributed by atoms with van der Waals surface area (Å²) in [5, 5.41) is 8.60. The van der Waals surface area contributed by atoms with Gasteiger partial charge in [-0.05, 0) is 25.5 Å². The Morgan fingerprint density at radius 1 is 1.29 bits per heavy atom. The minimum Gasteiger partial charge on any atom is -0.391 e. The zero-order valence-corrected chi connectivity index (χ0v) is 10.4. The van der Waals surface area contributed by atoms with Crippen molar-refractivity contribution in [2.24, 2.45) is 0 Å². The van der Waals surface area contributed by atoms with E-state index in [-0.39, 0.29) is 11.0 Å². The first-order chi connectivity index (χ1) is 7.89. The van der Waals surface area contributed by atoms with Gasteiger partial charge in [-0.3, -0.25) is 4.55 Å². The Hall–Kier alpha value is -0.950. The molecule has 0 aromatic heterocycles. The van der Waals surface area contributed by atoms with Crippen LogP contribution < -0.4 is 0 Å². The zero-order chi connectivity index (χ0) is 12.9. The molecule has 17 heavy (non-hydrogen) atoms. The lowest BCUT2D eigenvalue weighted by molar-refractivity contribution is 0.127. The van der Waals surface area contributed by atoms with Crippen LogP contribution in [-0.4, -0.2) is 37.4 Å². The van der Waals surface area contributed by atoms with Gasteiger partial charge in [0, 0.05) is 6.61 Å². The third-order valence-electron chi connectivity index (χ3n) is 2.22. The maximum absolute atomic E-state index is 10.5. The molecule has 0 aliphatic carbocycles. The fraction of sp³-hybridized carbons (Fsp3) is 0.455. The summed E-state index contributed by atoms with van der Waals surface area (Å²) in [5.74, 6) is 0. The summed E-state index contributed by atoms with van der Waals surface area (Å²) in [6.45, 7) is 3.12. The number of ether oxygens (including phenoxy) is 1. The van der Waals surface area contributed by atoms with Crippen molar-refractivity contribution in [3.8, 4) is 0 Å². The molecule has 1 fully saturated rings. The van der Waals surface area contributed by atoms with Crippen LogP contribution in [0.5, 0.6) is 0 Å². The minimum atomic E-state index is -4.02. The molecule has 0 spiro atoms. The number of rotatable bonds is 1. The van der Waals surface area contributed by atoms with Crippen molar-refractivity contribution in [1.29, 1.82) is 0 Å². The van der Waals surface area contributed by atoms with E-state index in [0.717, 1.165) is 18.6 Å². The van der Waals surface area contributed by atoms with E-state index >= 15 is 0 Å². The molecule has 96 valence electrons. The van der Waals surface area contributed by atoms with Gasteiger partial charge in [0.2, 0.25) is 0 Å². The topological polar surface area (TPSA) is 83.8 Å². The highest BCUT2D eigenvalue weighted by Crippen LogP contribution is 2.08. The molecular weight excluding hydrogens is 244 g/mol. The molecular formula is C11H16O5S. The predicted molar refractivity (Wildman–Crippen MR) is 62.4 cm³/mol. The van der Waals surface area contributed by atoms with Crippen LogP contribution in [0.25, 0.3) is 0 Å². The summed E-state index contributed by atoms with van der Waals surface area (Å²) in [6, 6.07) is 5.99. The largest absolute Gasteiger partial charge is 0.391 e. The molecule has 0 saturated carbocycles. The van der Waals surface area contributed by atoms with E-state index in [1.165, 1.54) is 12.1 Å². The zero-order valence-electron chi connectivity index (χ0n) is 9.54. The van der Waals surface area contributed by atoms with Crippen LogP contribution in [0.4, 0.5) is 0 Å². The first-order valence-corrected chi connectivity index (χ1v) is 6.63. The standard InChI is InChI=1S/C7H8O3S.C4H8O2/c1-6-2-4-7(5-3-6)11(8,9)10;5-4-1-2-6-3-4/h2-5H,1H3,(H,8,9,10);4-5H,1-3H2/t;4-/m.0/s1. The first-order valence-electron chi connectivity index (χ1n) is 5.19. The lowest BCUT2D eigenvalue weighted by atomic mass is 10.2. The fourth-order valence-corrected chi connectivity index (χ4v) is 1.71. The van der Waals surface area contributed by atoms with E-state index in [2.05, 4.69) is 0 Å². The minimum absolute atomic E-state index is 0.0666. The lowest BCUT2D eigenvalue weighted by Crippen LogP contribution is -2.02. The van der Waals surface area contributed by atoms with Crippen molar-refractivity contribution in [1.82, 2.24) is 0 Å². The number of hydrogen-bond acceptors (Lipinski definition) is 4. The SMILES string of the molecule is Cc1ccc(S(=O)(=O)O)cc1.O[C@H]1CCOC1. The molecule has 1 aromatic carbocycles. The number of aliphatic hydroxyl groups excluding tert-OH is 1. The van der Waals surface area contributed by atoms with Crippen molar-refractivity contribution in [3.05, 3.63) is 29.8 Å². The van der Waals surface area contributed by atoms with Crippen LogP contribution in [0, 0.1) is 6.92 Å². The summed E-state index contributed by atoms with van der Waals surface area (Å²) in [6.07, 6.45) is 0.644. The number of aliphatic hydroxyl groups is 1. The van der Waals surface area contributed by atoms with Gasteiger partial charge in [0.05, 0.1) is 17.6 Å². The molecule has 1 heterocycles. The van der Waals surface area contributed by atoms with E-state index in [4.69, 9.17) is 14.4 Å². The van der Waals surface area contributed by atoms with Gasteiger partial charge in [0.25, 0.3) is 10.1 Å². The Kier molecular flexibility index (Phi) is 5.07. The summed E-state index contributed by atoms with van der Waals surface area (Å²) >= 11 is 0. The molecule has 2 N–H and O–H groups in total. The summed E-state index contributed by atoms with van der Waals surface area (Å²) in [7, 11) is -4.02. The molecule has 0 bridgehead atoms. The van der Waals surface area contributed by atoms with E-state index in [0.29, 0.717) is 6.61 Å². The monoisotopic (exact) mass is 260 g/mol. The van der Waals surface area contributed by atoms with E-state index in [1.54, 1.807) is 12.1 Å². The first kappa shape index (κ1) is 14.1. The molecule has 1 atom stereocenters. The van der Waals surface area contributed by atoms with Gasteiger partial charge >= 0.3 is 0 Å². The normalized spacial score (nSPS) is 19.6. The van der Waals surface area contributed by atoms with Crippen LogP contribution in [0.15, 0.2) is 29.2 Å². The third-order valence-corrected chi connectivity index (χ3v) is 3.09. The van der Waals surface area contributed by atoms with Gasteiger partial charge in [-0.15, -0.1) is 0 Å². The van der Waals surface area contributed by atoms with Crippen molar-refractivity contribution in [2.45, 2.75) is 24.3 Å². The van der Waals surface area contributed by atoms with Crippen molar-refractivity contribution in [3.63, 3.8) is 0 Å². The molecule has 2 rings (SSSR count). The van der Waals surface area contributed by atoms with Gasteiger partial charge in [-0.1, -0.05) is 17.7 Å². The molecule has 1 aliphatic heterocycles. The average molecular weight is 260 g/mol. The maximum Gasteiger partial charge on any atom is 0.294 e.